The number of nitrogens with one attached hydrogen (secondary N) is 1. The number of hydrogen-bond donors (Lipinski definition) is 1. The molecule has 1 fully saturated rings. The number of ether oxygens (including phenoxy) is 1. The van der Waals surface area contributed by atoms with E-state index in [1.165, 1.54) is 6.07 Å². The van der Waals surface area contributed by atoms with Crippen molar-refractivity contribution in [1.29, 1.82) is 0 Å². The average Bonchev–Trinajstić information content (AvgIpc) is 3.47. The third-order valence-electron chi connectivity index (χ3n) is 5.94. The fourth-order valence-electron chi connectivity index (χ4n) is 4.42. The van der Waals surface area contributed by atoms with Crippen molar-refractivity contribution in [3.63, 3.8) is 0 Å². The number of aromatic nitrogens is 6. The van der Waals surface area contributed by atoms with E-state index in [2.05, 4.69) is 34.8 Å². The van der Waals surface area contributed by atoms with Crippen LogP contribution in [0.5, 0.6) is 0 Å². The van der Waals surface area contributed by atoms with Gasteiger partial charge in [-0.15, -0.1) is 0 Å². The van der Waals surface area contributed by atoms with Crippen LogP contribution in [0.4, 0.5) is 16.0 Å². The van der Waals surface area contributed by atoms with Crippen molar-refractivity contribution >= 4 is 17.2 Å². The van der Waals surface area contributed by atoms with Gasteiger partial charge in [0, 0.05) is 44.0 Å². The van der Waals surface area contributed by atoms with Gasteiger partial charge in [0.05, 0.1) is 30.9 Å². The molecule has 1 saturated heterocycles. The van der Waals surface area contributed by atoms with Gasteiger partial charge in [0.2, 0.25) is 0 Å². The molecule has 1 atom stereocenters. The van der Waals surface area contributed by atoms with Crippen LogP contribution in [0.1, 0.15) is 23.1 Å². The van der Waals surface area contributed by atoms with Gasteiger partial charge in [0.1, 0.15) is 35.3 Å². The van der Waals surface area contributed by atoms with Gasteiger partial charge >= 0.3 is 0 Å². The number of anilines is 2. The quantitative estimate of drug-likeness (QED) is 0.542. The maximum absolute atomic E-state index is 14.3. The maximum atomic E-state index is 14.3. The number of fused-ring (bicyclic) bond motifs is 2. The van der Waals surface area contributed by atoms with Crippen LogP contribution in [0.25, 0.3) is 5.52 Å². The maximum Gasteiger partial charge on any atom is 0.148 e. The molecule has 6 rings (SSSR count). The molecule has 0 aromatic carbocycles. The fourth-order valence-corrected chi connectivity index (χ4v) is 4.42. The summed E-state index contributed by atoms with van der Waals surface area (Å²) < 4.78 is 21.4. The minimum atomic E-state index is -0.303. The van der Waals surface area contributed by atoms with E-state index < -0.39 is 0 Å². The number of H-pyrrole nitrogens is 1. The predicted molar refractivity (Wildman–Crippen MR) is 112 cm³/mol. The molecule has 0 spiro atoms. The average molecular weight is 420 g/mol. The molecular formula is C21H21FN8O. The zero-order chi connectivity index (χ0) is 20.8. The zero-order valence-corrected chi connectivity index (χ0v) is 16.8. The number of halogens is 1. The van der Waals surface area contributed by atoms with Gasteiger partial charge < -0.3 is 19.5 Å². The molecule has 9 nitrogen and oxygen atoms in total. The molecule has 2 aliphatic heterocycles. The van der Waals surface area contributed by atoms with E-state index >= 15 is 0 Å². The smallest absolute Gasteiger partial charge is 0.148 e. The van der Waals surface area contributed by atoms with Crippen LogP contribution in [0.3, 0.4) is 0 Å². The highest BCUT2D eigenvalue weighted by molar-refractivity contribution is 5.57. The SMILES string of the molecule is Fc1cccn2nc([C@H]3c4nc[nH]c4CCN3c3cc(N4CCOCC4)ncn3)cc12. The summed E-state index contributed by atoms with van der Waals surface area (Å²) in [5, 5.41) is 4.67. The number of rotatable bonds is 3. The van der Waals surface area contributed by atoms with Crippen LogP contribution in [-0.4, -0.2) is 62.4 Å². The third kappa shape index (κ3) is 3.10. The van der Waals surface area contributed by atoms with E-state index in [9.17, 15) is 4.39 Å². The van der Waals surface area contributed by atoms with Crippen molar-refractivity contribution in [2.24, 2.45) is 0 Å². The molecule has 158 valence electrons. The Labute approximate surface area is 177 Å². The van der Waals surface area contributed by atoms with Crippen LogP contribution in [-0.2, 0) is 11.2 Å². The number of morpholine rings is 1. The molecule has 0 amide bonds. The fraction of sp³-hybridized carbons (Fsp3) is 0.333. The Morgan fingerprint density at radius 2 is 1.94 bits per heavy atom. The molecule has 1 N–H and O–H groups in total. The van der Waals surface area contributed by atoms with Gasteiger partial charge in [0.25, 0.3) is 0 Å². The van der Waals surface area contributed by atoms with Crippen LogP contribution in [0, 0.1) is 5.82 Å². The Kier molecular flexibility index (Phi) is 4.30. The lowest BCUT2D eigenvalue weighted by atomic mass is 9.99. The Morgan fingerprint density at radius 3 is 2.81 bits per heavy atom. The van der Waals surface area contributed by atoms with Gasteiger partial charge in [0.15, 0.2) is 0 Å². The number of imidazole rings is 1. The summed E-state index contributed by atoms with van der Waals surface area (Å²) in [6.45, 7) is 3.71. The second kappa shape index (κ2) is 7.31. The zero-order valence-electron chi connectivity index (χ0n) is 16.8. The number of pyridine rings is 1. The summed E-state index contributed by atoms with van der Waals surface area (Å²) in [5.41, 5.74) is 3.13. The van der Waals surface area contributed by atoms with E-state index in [1.54, 1.807) is 35.5 Å². The summed E-state index contributed by atoms with van der Waals surface area (Å²) in [5.74, 6) is 1.37. The lowest BCUT2D eigenvalue weighted by Crippen LogP contribution is -2.39. The second-order valence-electron chi connectivity index (χ2n) is 7.70. The largest absolute Gasteiger partial charge is 0.378 e. The predicted octanol–water partition coefficient (Wildman–Crippen LogP) is 1.98. The van der Waals surface area contributed by atoms with E-state index in [1.807, 2.05) is 6.07 Å². The first-order valence-electron chi connectivity index (χ1n) is 10.4. The number of nitrogens with zero attached hydrogens (tertiary/aromatic N) is 7. The van der Waals surface area contributed by atoms with Crippen molar-refractivity contribution in [2.75, 3.05) is 42.6 Å². The second-order valence-corrected chi connectivity index (χ2v) is 7.70. The summed E-state index contributed by atoms with van der Waals surface area (Å²) in [6.07, 6.45) is 5.86. The lowest BCUT2D eigenvalue weighted by Gasteiger charge is -2.35. The summed E-state index contributed by atoms with van der Waals surface area (Å²) in [6, 6.07) is 6.62. The first-order valence-corrected chi connectivity index (χ1v) is 10.4. The van der Waals surface area contributed by atoms with Crippen molar-refractivity contribution in [1.82, 2.24) is 29.5 Å². The van der Waals surface area contributed by atoms with Crippen LogP contribution < -0.4 is 9.80 Å². The van der Waals surface area contributed by atoms with E-state index in [-0.39, 0.29) is 11.9 Å². The van der Waals surface area contributed by atoms with Crippen molar-refractivity contribution in [3.05, 3.63) is 66.0 Å². The van der Waals surface area contributed by atoms with Gasteiger partial charge in [-0.25, -0.2) is 23.9 Å². The summed E-state index contributed by atoms with van der Waals surface area (Å²) in [7, 11) is 0. The summed E-state index contributed by atoms with van der Waals surface area (Å²) in [4.78, 5) is 21.2. The Bertz CT molecular complexity index is 1230. The standard InChI is InChI=1S/C21H21FN8O/c22-14-2-1-4-30-17(14)10-16(27-30)21-20-15(23-12-26-20)3-5-29(21)19-11-18(24-13-25-19)28-6-8-31-9-7-28/h1-2,4,10-13,21H,3,5-9H2,(H,23,26)/t21-/m0/s1. The minimum Gasteiger partial charge on any atom is -0.378 e. The topological polar surface area (TPSA) is 87.5 Å². The van der Waals surface area contributed by atoms with Gasteiger partial charge in [-0.2, -0.15) is 5.10 Å². The Hall–Kier alpha value is -3.53. The molecule has 0 aliphatic carbocycles. The molecule has 2 aliphatic rings. The van der Waals surface area contributed by atoms with Crippen LogP contribution in [0.2, 0.25) is 0 Å². The highest BCUT2D eigenvalue weighted by Crippen LogP contribution is 2.36. The van der Waals surface area contributed by atoms with E-state index in [0.29, 0.717) is 18.7 Å². The van der Waals surface area contributed by atoms with E-state index in [4.69, 9.17) is 4.74 Å². The number of aromatic amines is 1. The highest BCUT2D eigenvalue weighted by atomic mass is 19.1. The lowest BCUT2D eigenvalue weighted by molar-refractivity contribution is 0.122. The van der Waals surface area contributed by atoms with Crippen molar-refractivity contribution < 1.29 is 9.13 Å². The van der Waals surface area contributed by atoms with Crippen molar-refractivity contribution in [3.8, 4) is 0 Å². The number of hydrogen-bond acceptors (Lipinski definition) is 7. The molecule has 4 aromatic rings. The Balaban J connectivity index is 1.44. The van der Waals surface area contributed by atoms with Gasteiger partial charge in [-0.1, -0.05) is 0 Å². The molecule has 0 unspecified atom stereocenters. The highest BCUT2D eigenvalue weighted by Gasteiger charge is 2.34. The third-order valence-corrected chi connectivity index (χ3v) is 5.94. The van der Waals surface area contributed by atoms with Crippen molar-refractivity contribution in [2.45, 2.75) is 12.5 Å². The van der Waals surface area contributed by atoms with Gasteiger partial charge in [-0.05, 0) is 18.2 Å². The minimum absolute atomic E-state index is 0.276. The molecular weight excluding hydrogens is 399 g/mol. The molecule has 10 heteroatoms. The van der Waals surface area contributed by atoms with E-state index in [0.717, 1.165) is 54.8 Å². The van der Waals surface area contributed by atoms with Crippen LogP contribution in [0.15, 0.2) is 43.1 Å². The molecule has 0 bridgehead atoms. The molecule has 0 radical (unpaired) electrons. The first-order chi connectivity index (χ1) is 15.3. The normalized spacial score (nSPS) is 19.1. The monoisotopic (exact) mass is 420 g/mol. The molecule has 4 aromatic heterocycles. The Morgan fingerprint density at radius 1 is 1.06 bits per heavy atom. The first kappa shape index (κ1) is 18.3. The molecule has 31 heavy (non-hydrogen) atoms. The molecule has 6 heterocycles. The van der Waals surface area contributed by atoms with Crippen LogP contribution >= 0.6 is 0 Å². The molecule has 0 saturated carbocycles. The summed E-state index contributed by atoms with van der Waals surface area (Å²) >= 11 is 0. The van der Waals surface area contributed by atoms with Gasteiger partial charge in [-0.3, -0.25) is 0 Å².